The maximum absolute atomic E-state index is 2.28. The van der Waals surface area contributed by atoms with Crippen molar-refractivity contribution in [2.24, 2.45) is 0 Å². The average molecular weight is 404 g/mol. The van der Waals surface area contributed by atoms with Crippen molar-refractivity contribution in [2.75, 3.05) is 11.4 Å². The Bertz CT molecular complexity index is 704. The van der Waals surface area contributed by atoms with E-state index in [0.717, 1.165) is 13.1 Å². The topological polar surface area (TPSA) is 7.12 Å². The van der Waals surface area contributed by atoms with Gasteiger partial charge in [0.1, 0.15) is 6.54 Å². The van der Waals surface area contributed by atoms with Crippen molar-refractivity contribution in [3.63, 3.8) is 0 Å². The number of para-hydroxylation sites is 1. The third-order valence-electron chi connectivity index (χ3n) is 3.92. The van der Waals surface area contributed by atoms with Crippen molar-refractivity contribution in [1.82, 2.24) is 0 Å². The molecule has 1 aromatic heterocycles. The summed E-state index contributed by atoms with van der Waals surface area (Å²) in [6, 6.07) is 14.9. The molecule has 2 aromatic rings. The quantitative estimate of drug-likeness (QED) is 0.545. The van der Waals surface area contributed by atoms with E-state index in [9.17, 15) is 0 Å². The summed E-state index contributed by atoms with van der Waals surface area (Å²) in [7, 11) is 0. The van der Waals surface area contributed by atoms with Crippen molar-refractivity contribution in [1.29, 1.82) is 0 Å². The third-order valence-corrected chi connectivity index (χ3v) is 3.92. The molecule has 114 valence electrons. The van der Waals surface area contributed by atoms with Crippen LogP contribution >= 0.6 is 0 Å². The molecule has 0 saturated carbocycles. The van der Waals surface area contributed by atoms with E-state index in [0.29, 0.717) is 0 Å². The lowest BCUT2D eigenvalue weighted by Gasteiger charge is -2.26. The normalized spacial score (nSPS) is 14.6. The van der Waals surface area contributed by atoms with E-state index in [2.05, 4.69) is 90.3 Å². The molecule has 1 aromatic carbocycles. The van der Waals surface area contributed by atoms with Crippen LogP contribution in [0.5, 0.6) is 0 Å². The Kier molecular flexibility index (Phi) is 5.77. The molecule has 0 radical (unpaired) electrons. The predicted octanol–water partition coefficient (Wildman–Crippen LogP) is 0.892. The van der Waals surface area contributed by atoms with Gasteiger partial charge in [0.15, 0.2) is 6.20 Å². The minimum atomic E-state index is 0. The summed E-state index contributed by atoms with van der Waals surface area (Å²) >= 11 is 0. The van der Waals surface area contributed by atoms with Crippen LogP contribution in [0.15, 0.2) is 60.9 Å². The monoisotopic (exact) mass is 404 g/mol. The van der Waals surface area contributed by atoms with E-state index in [-0.39, 0.29) is 24.0 Å². The number of nitrogens with zero attached hydrogens (tertiary/aromatic N) is 2. The Morgan fingerprint density at radius 2 is 1.82 bits per heavy atom. The molecule has 0 bridgehead atoms. The number of halogens is 1. The molecule has 0 amide bonds. The number of aryl methyl sites for hydroxylation is 1. The average Bonchev–Trinajstić information content (AvgIpc) is 2.55. The second kappa shape index (κ2) is 7.58. The summed E-state index contributed by atoms with van der Waals surface area (Å²) < 4.78 is 2.26. The predicted molar refractivity (Wildman–Crippen MR) is 88.8 cm³/mol. The Labute approximate surface area is 149 Å². The van der Waals surface area contributed by atoms with Crippen LogP contribution in [0, 0.1) is 0 Å². The van der Waals surface area contributed by atoms with E-state index in [4.69, 9.17) is 0 Å². The lowest BCUT2D eigenvalue weighted by molar-refractivity contribution is -0.695. The number of anilines is 1. The maximum Gasteiger partial charge on any atom is 0.205 e. The highest BCUT2D eigenvalue weighted by molar-refractivity contribution is 5.93. The second-order valence-corrected chi connectivity index (χ2v) is 5.13. The summed E-state index contributed by atoms with van der Waals surface area (Å²) in [6.45, 7) is 6.32. The van der Waals surface area contributed by atoms with Gasteiger partial charge >= 0.3 is 0 Å². The van der Waals surface area contributed by atoms with Crippen LogP contribution in [0.4, 0.5) is 5.69 Å². The van der Waals surface area contributed by atoms with Crippen LogP contribution < -0.4 is 33.4 Å². The van der Waals surface area contributed by atoms with Crippen LogP contribution in [0.2, 0.25) is 0 Å². The minimum absolute atomic E-state index is 0. The molecule has 0 fully saturated rings. The molecule has 0 saturated heterocycles. The molecule has 0 aliphatic carbocycles. The van der Waals surface area contributed by atoms with Crippen LogP contribution in [0.1, 0.15) is 25.1 Å². The Morgan fingerprint density at radius 3 is 2.59 bits per heavy atom. The molecular formula is C19H21IN2. The molecule has 2 nitrogen and oxygen atoms in total. The van der Waals surface area contributed by atoms with Crippen LogP contribution in [-0.2, 0) is 6.54 Å². The Morgan fingerprint density at radius 1 is 1.05 bits per heavy atom. The molecule has 22 heavy (non-hydrogen) atoms. The van der Waals surface area contributed by atoms with E-state index < -0.39 is 0 Å². The molecule has 2 heterocycles. The maximum atomic E-state index is 2.28. The van der Waals surface area contributed by atoms with Gasteiger partial charge in [-0.2, -0.15) is 4.57 Å². The lowest BCUT2D eigenvalue weighted by Crippen LogP contribution is -3.00. The van der Waals surface area contributed by atoms with Gasteiger partial charge in [-0.3, -0.25) is 0 Å². The molecule has 0 spiro atoms. The number of fused-ring (bicyclic) bond motifs is 1. The summed E-state index contributed by atoms with van der Waals surface area (Å²) in [5.41, 5.74) is 5.09. The third kappa shape index (κ3) is 3.24. The first-order valence-electron chi connectivity index (χ1n) is 7.58. The van der Waals surface area contributed by atoms with E-state index in [1.54, 1.807) is 0 Å². The van der Waals surface area contributed by atoms with Crippen LogP contribution in [0.3, 0.4) is 0 Å². The first kappa shape index (κ1) is 16.7. The van der Waals surface area contributed by atoms with Crippen molar-refractivity contribution in [3.05, 3.63) is 72.2 Å². The number of hydrogen-bond donors (Lipinski definition) is 0. The minimum Gasteiger partial charge on any atom is -1.00 e. The number of hydrogen-bond acceptors (Lipinski definition) is 1. The molecule has 3 rings (SSSR count). The van der Waals surface area contributed by atoms with Gasteiger partial charge in [-0.25, -0.2) is 0 Å². The van der Waals surface area contributed by atoms with Gasteiger partial charge in [-0.05, 0) is 37.6 Å². The van der Waals surface area contributed by atoms with E-state index in [1.807, 2.05) is 0 Å². The van der Waals surface area contributed by atoms with Gasteiger partial charge in [0.25, 0.3) is 0 Å². The fourth-order valence-electron chi connectivity index (χ4n) is 2.78. The summed E-state index contributed by atoms with van der Waals surface area (Å²) in [5, 5.41) is 0. The molecule has 1 aliphatic heterocycles. The molecule has 0 unspecified atom stereocenters. The summed E-state index contributed by atoms with van der Waals surface area (Å²) in [5.74, 6) is 0. The fourth-order valence-corrected chi connectivity index (χ4v) is 2.78. The Balaban J connectivity index is 0.00000176. The van der Waals surface area contributed by atoms with Gasteiger partial charge in [0.05, 0.1) is 0 Å². The van der Waals surface area contributed by atoms with E-state index >= 15 is 0 Å². The number of rotatable bonds is 3. The molecular weight excluding hydrogens is 383 g/mol. The second-order valence-electron chi connectivity index (χ2n) is 5.13. The number of benzene rings is 1. The van der Waals surface area contributed by atoms with Gasteiger partial charge in [0, 0.05) is 42.2 Å². The highest BCUT2D eigenvalue weighted by Crippen LogP contribution is 2.33. The first-order chi connectivity index (χ1) is 10.3. The SMILES string of the molecule is CCN1C=C/C(=C\c2cccc[n+]2CC)c2ccccc21.[I-]. The van der Waals surface area contributed by atoms with Crippen molar-refractivity contribution < 1.29 is 28.5 Å². The van der Waals surface area contributed by atoms with Crippen LogP contribution in [0.25, 0.3) is 11.6 Å². The zero-order chi connectivity index (χ0) is 14.7. The summed E-state index contributed by atoms with van der Waals surface area (Å²) in [4.78, 5) is 2.28. The van der Waals surface area contributed by atoms with Crippen molar-refractivity contribution in [2.45, 2.75) is 20.4 Å². The van der Waals surface area contributed by atoms with Crippen molar-refractivity contribution >= 4 is 17.3 Å². The van der Waals surface area contributed by atoms with Gasteiger partial charge in [-0.15, -0.1) is 0 Å². The Hall–Kier alpha value is -1.62. The van der Waals surface area contributed by atoms with Gasteiger partial charge < -0.3 is 28.9 Å². The van der Waals surface area contributed by atoms with Crippen LogP contribution in [-0.4, -0.2) is 6.54 Å². The lowest BCUT2D eigenvalue weighted by atomic mass is 9.99. The zero-order valence-corrected chi connectivity index (χ0v) is 15.2. The molecule has 0 N–H and O–H groups in total. The standard InChI is InChI=1S/C19H21N2.HI/c1-3-20-13-8-7-9-17(20)15-16-12-14-21(4-2)19-11-6-5-10-18(16)19;/h5-15H,3-4H2,1-2H3;1H/q+1;/p-1. The number of pyridine rings is 1. The number of allylic oxidation sites excluding steroid dienone is 2. The number of aromatic nitrogens is 1. The smallest absolute Gasteiger partial charge is 0.205 e. The largest absolute Gasteiger partial charge is 1.00 e. The highest BCUT2D eigenvalue weighted by Gasteiger charge is 2.15. The summed E-state index contributed by atoms with van der Waals surface area (Å²) in [6.07, 6.45) is 8.78. The zero-order valence-electron chi connectivity index (χ0n) is 13.0. The fraction of sp³-hybridized carbons (Fsp3) is 0.211. The highest BCUT2D eigenvalue weighted by atomic mass is 127. The van der Waals surface area contributed by atoms with Gasteiger partial charge in [0.2, 0.25) is 5.69 Å². The van der Waals surface area contributed by atoms with Crippen molar-refractivity contribution in [3.8, 4) is 0 Å². The van der Waals surface area contributed by atoms with Gasteiger partial charge in [-0.1, -0.05) is 18.2 Å². The molecule has 1 aliphatic rings. The van der Waals surface area contributed by atoms with E-state index in [1.165, 1.54) is 22.5 Å². The molecule has 3 heteroatoms. The first-order valence-corrected chi connectivity index (χ1v) is 7.58. The molecule has 0 atom stereocenters.